The first kappa shape index (κ1) is 10.6. The molecular formula is C10H18B2NO. The number of ether oxygens (including phenoxy) is 1. The van der Waals surface area contributed by atoms with Crippen molar-refractivity contribution in [2.24, 2.45) is 11.3 Å². The van der Waals surface area contributed by atoms with E-state index in [4.69, 9.17) is 12.5 Å². The van der Waals surface area contributed by atoms with Gasteiger partial charge in [0.25, 0.3) is 0 Å². The molecule has 2 atom stereocenters. The molecule has 75 valence electrons. The maximum atomic E-state index is 5.67. The minimum absolute atomic E-state index is 0.442. The highest BCUT2D eigenvalue weighted by atomic mass is 16.5. The predicted molar refractivity (Wildman–Crippen MR) is 59.3 cm³/mol. The number of rotatable bonds is 3. The molecule has 2 heterocycles. The van der Waals surface area contributed by atoms with Crippen LogP contribution in [-0.4, -0.2) is 45.7 Å². The van der Waals surface area contributed by atoms with Crippen molar-refractivity contribution in [1.29, 1.82) is 0 Å². The maximum Gasteiger partial charge on any atom is 0.149 e. The first-order chi connectivity index (χ1) is 6.77. The van der Waals surface area contributed by atoms with Gasteiger partial charge in [0.1, 0.15) is 7.31 Å². The molecule has 2 fully saturated rings. The number of hydrogen-bond acceptors (Lipinski definition) is 2. The monoisotopic (exact) mass is 190 g/mol. The number of fused-ring (bicyclic) bond motifs is 1. The van der Waals surface area contributed by atoms with E-state index in [1.807, 2.05) is 0 Å². The molecule has 0 amide bonds. The smallest absolute Gasteiger partial charge is 0.149 e. The second-order valence-corrected chi connectivity index (χ2v) is 4.60. The van der Waals surface area contributed by atoms with Gasteiger partial charge in [-0.3, -0.25) is 0 Å². The molecule has 2 aliphatic rings. The molecule has 0 aromatic rings. The van der Waals surface area contributed by atoms with Gasteiger partial charge >= 0.3 is 0 Å². The van der Waals surface area contributed by atoms with Crippen molar-refractivity contribution in [3.8, 4) is 0 Å². The van der Waals surface area contributed by atoms with Crippen molar-refractivity contribution in [2.45, 2.75) is 32.7 Å². The van der Waals surface area contributed by atoms with Gasteiger partial charge in [0.05, 0.1) is 13.2 Å². The van der Waals surface area contributed by atoms with Crippen LogP contribution in [0, 0.1) is 11.3 Å². The molecule has 3 radical (unpaired) electrons. The molecule has 2 unspecified atom stereocenters. The molecule has 14 heavy (non-hydrogen) atoms. The predicted octanol–water partition coefficient (Wildman–Crippen LogP) is 0.826. The van der Waals surface area contributed by atoms with Crippen LogP contribution >= 0.6 is 0 Å². The van der Waals surface area contributed by atoms with Gasteiger partial charge in [0, 0.05) is 19.7 Å². The lowest BCUT2D eigenvalue weighted by molar-refractivity contribution is 0.116. The van der Waals surface area contributed by atoms with Crippen LogP contribution < -0.4 is 0 Å². The largest absolute Gasteiger partial charge is 0.379 e. The molecule has 2 rings (SSSR count). The minimum atomic E-state index is 0.442. The molecular weight excluding hydrogens is 172 g/mol. The van der Waals surface area contributed by atoms with Crippen LogP contribution in [-0.2, 0) is 4.74 Å². The Bertz CT molecular complexity index is 208. The summed E-state index contributed by atoms with van der Waals surface area (Å²) in [6, 6.07) is 0.542. The molecule has 4 heteroatoms. The van der Waals surface area contributed by atoms with Crippen LogP contribution in [0.1, 0.15) is 26.7 Å². The van der Waals surface area contributed by atoms with Gasteiger partial charge in [-0.15, -0.1) is 0 Å². The molecule has 0 saturated carbocycles. The zero-order valence-electron chi connectivity index (χ0n) is 9.20. The standard InChI is InChI=1S/C10H18B2NO/c1-3-10(4-2)7-13(12-11)9-6-14-5-8(9)10/h8-9H,3-7H2,1-2H3. The van der Waals surface area contributed by atoms with Crippen LogP contribution in [0.5, 0.6) is 0 Å². The molecule has 0 N–H and O–H groups in total. The fourth-order valence-electron chi connectivity index (χ4n) is 3.21. The van der Waals surface area contributed by atoms with E-state index in [9.17, 15) is 0 Å². The number of nitrogens with zero attached hydrogens (tertiary/aromatic N) is 1. The van der Waals surface area contributed by atoms with Gasteiger partial charge in [-0.2, -0.15) is 0 Å². The summed E-state index contributed by atoms with van der Waals surface area (Å²) in [5.41, 5.74) is 0.442. The Morgan fingerprint density at radius 3 is 2.71 bits per heavy atom. The Balaban J connectivity index is 2.20. The van der Waals surface area contributed by atoms with Crippen LogP contribution in [0.4, 0.5) is 0 Å². The average molecular weight is 190 g/mol. The summed E-state index contributed by atoms with van der Waals surface area (Å²) in [5.74, 6) is 0.692. The van der Waals surface area contributed by atoms with Gasteiger partial charge in [-0.25, -0.2) is 0 Å². The van der Waals surface area contributed by atoms with E-state index in [2.05, 4.69) is 18.7 Å². The van der Waals surface area contributed by atoms with E-state index in [1.54, 1.807) is 7.31 Å². The summed E-state index contributed by atoms with van der Waals surface area (Å²) < 4.78 is 5.59. The second-order valence-electron chi connectivity index (χ2n) is 4.60. The lowest BCUT2D eigenvalue weighted by Crippen LogP contribution is -2.36. The van der Waals surface area contributed by atoms with E-state index in [-0.39, 0.29) is 0 Å². The highest BCUT2D eigenvalue weighted by molar-refractivity contribution is 6.87. The second kappa shape index (κ2) is 3.90. The molecule has 0 bridgehead atoms. The Hall–Kier alpha value is 0.0499. The van der Waals surface area contributed by atoms with Gasteiger partial charge < -0.3 is 9.55 Å². The maximum absolute atomic E-state index is 5.67. The van der Waals surface area contributed by atoms with E-state index in [0.717, 1.165) is 19.8 Å². The van der Waals surface area contributed by atoms with Crippen LogP contribution in [0.2, 0.25) is 0 Å². The first-order valence-electron chi connectivity index (χ1n) is 5.66. The Kier molecular flexibility index (Phi) is 2.94. The Morgan fingerprint density at radius 1 is 1.43 bits per heavy atom. The topological polar surface area (TPSA) is 12.5 Å². The van der Waals surface area contributed by atoms with Gasteiger partial charge in [0.2, 0.25) is 0 Å². The summed E-state index contributed by atoms with van der Waals surface area (Å²) in [4.78, 5) is 2.28. The molecule has 2 saturated heterocycles. The third-order valence-corrected chi connectivity index (χ3v) is 4.36. The van der Waals surface area contributed by atoms with Crippen LogP contribution in [0.25, 0.3) is 0 Å². The van der Waals surface area contributed by atoms with Crippen molar-refractivity contribution in [2.75, 3.05) is 19.8 Å². The van der Waals surface area contributed by atoms with Crippen LogP contribution in [0.15, 0.2) is 0 Å². The van der Waals surface area contributed by atoms with Crippen LogP contribution in [0.3, 0.4) is 0 Å². The molecule has 2 aliphatic heterocycles. The highest BCUT2D eigenvalue weighted by Gasteiger charge is 2.51. The summed E-state index contributed by atoms with van der Waals surface area (Å²) >= 11 is 0. The lowest BCUT2D eigenvalue weighted by atomic mass is 9.64. The highest BCUT2D eigenvalue weighted by Crippen LogP contribution is 2.47. The summed E-state index contributed by atoms with van der Waals surface area (Å²) in [6.07, 6.45) is 2.47. The van der Waals surface area contributed by atoms with Crippen molar-refractivity contribution < 1.29 is 4.74 Å². The summed E-state index contributed by atoms with van der Waals surface area (Å²) in [7, 11) is 7.42. The SMILES string of the molecule is [B][B]N1CC(CC)(CC)C2COCC21. The zero-order valence-corrected chi connectivity index (χ0v) is 9.20. The number of hydrogen-bond donors (Lipinski definition) is 0. The minimum Gasteiger partial charge on any atom is -0.379 e. The summed E-state index contributed by atoms with van der Waals surface area (Å²) in [5, 5.41) is 0. The van der Waals surface area contributed by atoms with Crippen molar-refractivity contribution in [3.63, 3.8) is 0 Å². The van der Waals surface area contributed by atoms with Gasteiger partial charge in [-0.1, -0.05) is 13.8 Å². The quantitative estimate of drug-likeness (QED) is 0.611. The summed E-state index contributed by atoms with van der Waals surface area (Å²) in [6.45, 7) is 7.49. The van der Waals surface area contributed by atoms with E-state index < -0.39 is 0 Å². The Morgan fingerprint density at radius 2 is 2.14 bits per heavy atom. The third kappa shape index (κ3) is 1.35. The average Bonchev–Trinajstić information content (AvgIpc) is 2.78. The normalized spacial score (nSPS) is 35.9. The molecule has 0 spiro atoms. The molecule has 0 aliphatic carbocycles. The third-order valence-electron chi connectivity index (χ3n) is 4.36. The molecule has 2 nitrogen and oxygen atoms in total. The fourth-order valence-corrected chi connectivity index (χ4v) is 3.21. The zero-order chi connectivity index (χ0) is 10.2. The lowest BCUT2D eigenvalue weighted by Gasteiger charge is -2.31. The van der Waals surface area contributed by atoms with Crippen molar-refractivity contribution in [1.82, 2.24) is 4.81 Å². The van der Waals surface area contributed by atoms with Crippen molar-refractivity contribution >= 4 is 15.0 Å². The van der Waals surface area contributed by atoms with E-state index in [1.165, 1.54) is 12.8 Å². The van der Waals surface area contributed by atoms with Crippen molar-refractivity contribution in [3.05, 3.63) is 0 Å². The molecule has 0 aromatic heterocycles. The van der Waals surface area contributed by atoms with E-state index in [0.29, 0.717) is 17.4 Å². The fraction of sp³-hybridized carbons (Fsp3) is 1.00. The first-order valence-corrected chi connectivity index (χ1v) is 5.66. The molecule has 0 aromatic carbocycles. The van der Waals surface area contributed by atoms with Gasteiger partial charge in [-0.05, 0) is 24.8 Å². The van der Waals surface area contributed by atoms with E-state index >= 15 is 0 Å². The van der Waals surface area contributed by atoms with Gasteiger partial charge in [0.15, 0.2) is 0 Å². The Labute approximate surface area is 89.0 Å².